The molecule has 0 aliphatic heterocycles. The molecule has 3 N–H and O–H groups in total. The molecule has 5 nitrogen and oxygen atoms in total. The van der Waals surface area contributed by atoms with Crippen LogP contribution in [0.25, 0.3) is 0 Å². The van der Waals surface area contributed by atoms with E-state index in [9.17, 15) is 18.7 Å². The number of carbonyl (C=O) groups is 1. The van der Waals surface area contributed by atoms with Crippen LogP contribution in [-0.2, 0) is 0 Å². The highest BCUT2D eigenvalue weighted by atomic mass is 35.5. The van der Waals surface area contributed by atoms with E-state index < -0.39 is 23.9 Å². The fraction of sp³-hybridized carbons (Fsp3) is 0.625. The van der Waals surface area contributed by atoms with Crippen LogP contribution in [0.3, 0.4) is 0 Å². The molecule has 1 aliphatic rings. The zero-order chi connectivity index (χ0) is 17.9. The topological polar surface area (TPSA) is 74.2 Å². The van der Waals surface area contributed by atoms with Gasteiger partial charge in [0.2, 0.25) is 0 Å². The smallest absolute Gasteiger partial charge is 0.255 e. The van der Waals surface area contributed by atoms with Crippen LogP contribution in [0.2, 0.25) is 5.15 Å². The number of alkyl halides is 2. The second-order valence-electron chi connectivity index (χ2n) is 6.64. The summed E-state index contributed by atoms with van der Waals surface area (Å²) in [5.41, 5.74) is -0.915. The third-order valence-corrected chi connectivity index (χ3v) is 4.26. The molecule has 8 heteroatoms. The summed E-state index contributed by atoms with van der Waals surface area (Å²) < 4.78 is 27.1. The molecule has 1 aromatic heterocycles. The van der Waals surface area contributed by atoms with E-state index in [0.717, 1.165) is 0 Å². The SMILES string of the molecule is CC(C)(O)C(F)CNC(=O)c1cnc(Cl)cc1NC1CCC(F)C1. The maximum absolute atomic E-state index is 13.8. The van der Waals surface area contributed by atoms with Gasteiger partial charge in [0.15, 0.2) is 0 Å². The molecule has 1 aromatic rings. The van der Waals surface area contributed by atoms with Gasteiger partial charge in [-0.25, -0.2) is 13.8 Å². The zero-order valence-electron chi connectivity index (χ0n) is 13.7. The summed E-state index contributed by atoms with van der Waals surface area (Å²) in [4.78, 5) is 16.2. The Hall–Kier alpha value is -1.47. The summed E-state index contributed by atoms with van der Waals surface area (Å²) in [6.45, 7) is 2.32. The minimum atomic E-state index is -1.61. The van der Waals surface area contributed by atoms with Crippen molar-refractivity contribution in [1.29, 1.82) is 0 Å². The quantitative estimate of drug-likeness (QED) is 0.681. The number of nitrogens with zero attached hydrogens (tertiary/aromatic N) is 1. The van der Waals surface area contributed by atoms with Crippen LogP contribution in [0, 0.1) is 0 Å². The second-order valence-corrected chi connectivity index (χ2v) is 7.02. The van der Waals surface area contributed by atoms with Gasteiger partial charge < -0.3 is 15.7 Å². The molecule has 1 amide bonds. The highest BCUT2D eigenvalue weighted by Gasteiger charge is 2.28. The maximum atomic E-state index is 13.8. The summed E-state index contributed by atoms with van der Waals surface area (Å²) in [6, 6.07) is 1.40. The van der Waals surface area contributed by atoms with Crippen LogP contribution in [0.15, 0.2) is 12.3 Å². The highest BCUT2D eigenvalue weighted by molar-refractivity contribution is 6.29. The average molecular weight is 362 g/mol. The number of amides is 1. The number of hydrogen-bond donors (Lipinski definition) is 3. The van der Waals surface area contributed by atoms with Crippen molar-refractivity contribution < 1.29 is 18.7 Å². The molecule has 0 aromatic carbocycles. The van der Waals surface area contributed by atoms with Gasteiger partial charge in [-0.1, -0.05) is 11.6 Å². The van der Waals surface area contributed by atoms with Crippen molar-refractivity contribution in [3.8, 4) is 0 Å². The van der Waals surface area contributed by atoms with Gasteiger partial charge in [-0.15, -0.1) is 0 Å². The summed E-state index contributed by atoms with van der Waals surface area (Å²) in [7, 11) is 0. The molecule has 0 radical (unpaired) electrons. The Kier molecular flexibility index (Phi) is 5.98. The fourth-order valence-electron chi connectivity index (χ4n) is 2.53. The summed E-state index contributed by atoms with van der Waals surface area (Å²) in [6.07, 6.45) is 0.336. The molecule has 3 unspecified atom stereocenters. The molecular formula is C16H22ClF2N3O2. The van der Waals surface area contributed by atoms with Gasteiger partial charge in [0.1, 0.15) is 17.5 Å². The standard InChI is InChI=1S/C16H22ClF2N3O2/c1-16(2,24)13(19)8-21-15(23)11-7-20-14(17)6-12(11)22-10-4-3-9(18)5-10/h6-7,9-10,13,24H,3-5,8H2,1-2H3,(H,20,22)(H,21,23). The molecule has 0 bridgehead atoms. The number of rotatable bonds is 6. The second kappa shape index (κ2) is 7.61. The lowest BCUT2D eigenvalue weighted by Gasteiger charge is -2.23. The van der Waals surface area contributed by atoms with Crippen molar-refractivity contribution in [3.05, 3.63) is 23.0 Å². The predicted molar refractivity (Wildman–Crippen MR) is 88.9 cm³/mol. The Morgan fingerprint density at radius 3 is 2.83 bits per heavy atom. The van der Waals surface area contributed by atoms with Crippen LogP contribution < -0.4 is 10.6 Å². The number of hydrogen-bond acceptors (Lipinski definition) is 4. The number of carbonyl (C=O) groups excluding carboxylic acids is 1. The first kappa shape index (κ1) is 18.9. The minimum Gasteiger partial charge on any atom is -0.387 e. The molecule has 24 heavy (non-hydrogen) atoms. The normalized spacial score (nSPS) is 22.2. The van der Waals surface area contributed by atoms with Gasteiger partial charge in [0, 0.05) is 12.2 Å². The molecule has 1 aliphatic carbocycles. The summed E-state index contributed by atoms with van der Waals surface area (Å²) in [5, 5.41) is 15.3. The Morgan fingerprint density at radius 2 is 2.25 bits per heavy atom. The highest BCUT2D eigenvalue weighted by Crippen LogP contribution is 2.27. The number of halogens is 3. The Balaban J connectivity index is 2.07. The predicted octanol–water partition coefficient (Wildman–Crippen LogP) is 2.88. The monoisotopic (exact) mass is 361 g/mol. The van der Waals surface area contributed by atoms with E-state index in [-0.39, 0.29) is 23.3 Å². The Morgan fingerprint density at radius 1 is 1.54 bits per heavy atom. The average Bonchev–Trinajstić information content (AvgIpc) is 2.88. The number of pyridine rings is 1. The van der Waals surface area contributed by atoms with Gasteiger partial charge in [-0.3, -0.25) is 4.79 Å². The maximum Gasteiger partial charge on any atom is 0.255 e. The third-order valence-electron chi connectivity index (χ3n) is 4.05. The van der Waals surface area contributed by atoms with Crippen LogP contribution in [-0.4, -0.2) is 46.5 Å². The summed E-state index contributed by atoms with van der Waals surface area (Å²) >= 11 is 5.87. The van der Waals surface area contributed by atoms with Gasteiger partial charge in [-0.05, 0) is 39.2 Å². The van der Waals surface area contributed by atoms with E-state index in [4.69, 9.17) is 11.6 Å². The van der Waals surface area contributed by atoms with Crippen LogP contribution in [0.1, 0.15) is 43.5 Å². The van der Waals surface area contributed by atoms with Crippen LogP contribution in [0.4, 0.5) is 14.5 Å². The number of nitrogens with one attached hydrogen (secondary N) is 2. The van der Waals surface area contributed by atoms with Crippen molar-refractivity contribution >= 4 is 23.2 Å². The van der Waals surface area contributed by atoms with Crippen molar-refractivity contribution in [3.63, 3.8) is 0 Å². The lowest BCUT2D eigenvalue weighted by Crippen LogP contribution is -2.42. The summed E-state index contributed by atoms with van der Waals surface area (Å²) in [5.74, 6) is -0.539. The lowest BCUT2D eigenvalue weighted by molar-refractivity contribution is -0.00177. The van der Waals surface area contributed by atoms with E-state index in [2.05, 4.69) is 15.6 Å². The first-order valence-electron chi connectivity index (χ1n) is 7.87. The van der Waals surface area contributed by atoms with Crippen molar-refractivity contribution in [2.24, 2.45) is 0 Å². The van der Waals surface area contributed by atoms with Gasteiger partial charge in [0.25, 0.3) is 5.91 Å². The molecule has 0 saturated heterocycles. The van der Waals surface area contributed by atoms with Crippen LogP contribution in [0.5, 0.6) is 0 Å². The van der Waals surface area contributed by atoms with Gasteiger partial charge in [-0.2, -0.15) is 0 Å². The van der Waals surface area contributed by atoms with Crippen LogP contribution >= 0.6 is 11.6 Å². The minimum absolute atomic E-state index is 0.0877. The molecule has 1 heterocycles. The molecule has 1 fully saturated rings. The molecular weight excluding hydrogens is 340 g/mol. The van der Waals surface area contributed by atoms with E-state index >= 15 is 0 Å². The molecule has 1 saturated carbocycles. The van der Waals surface area contributed by atoms with Crippen molar-refractivity contribution in [2.45, 2.75) is 57.1 Å². The van der Waals surface area contributed by atoms with Crippen molar-refractivity contribution in [2.75, 3.05) is 11.9 Å². The first-order chi connectivity index (χ1) is 11.2. The Bertz CT molecular complexity index is 595. The molecule has 2 rings (SSSR count). The fourth-order valence-corrected chi connectivity index (χ4v) is 2.69. The van der Waals surface area contributed by atoms with Gasteiger partial charge >= 0.3 is 0 Å². The Labute approximate surface area is 144 Å². The van der Waals surface area contributed by atoms with E-state index in [0.29, 0.717) is 24.9 Å². The zero-order valence-corrected chi connectivity index (χ0v) is 14.4. The van der Waals surface area contributed by atoms with Gasteiger partial charge in [0.05, 0.1) is 23.4 Å². The third kappa shape index (κ3) is 5.01. The molecule has 3 atom stereocenters. The first-order valence-corrected chi connectivity index (χ1v) is 8.25. The number of anilines is 1. The van der Waals surface area contributed by atoms with E-state index in [1.165, 1.54) is 26.1 Å². The molecule has 134 valence electrons. The van der Waals surface area contributed by atoms with E-state index in [1.807, 2.05) is 0 Å². The van der Waals surface area contributed by atoms with Crippen molar-refractivity contribution in [1.82, 2.24) is 10.3 Å². The van der Waals surface area contributed by atoms with E-state index in [1.54, 1.807) is 0 Å². The largest absolute Gasteiger partial charge is 0.387 e. The lowest BCUT2D eigenvalue weighted by atomic mass is 10.0. The number of aliphatic hydroxyl groups is 1. The molecule has 0 spiro atoms. The number of aromatic nitrogens is 1.